The largest absolute Gasteiger partial charge is 0.481 e. The van der Waals surface area contributed by atoms with Gasteiger partial charge >= 0.3 is 5.97 Å². The molecule has 2 N–H and O–H groups in total. The van der Waals surface area contributed by atoms with Crippen molar-refractivity contribution >= 4 is 17.3 Å². The zero-order valence-electron chi connectivity index (χ0n) is 11.3. The van der Waals surface area contributed by atoms with Gasteiger partial charge < -0.3 is 10.4 Å². The third-order valence-electron chi connectivity index (χ3n) is 3.80. The third-order valence-corrected chi connectivity index (χ3v) is 3.80. The van der Waals surface area contributed by atoms with Crippen molar-refractivity contribution in [1.82, 2.24) is 0 Å². The van der Waals surface area contributed by atoms with Crippen molar-refractivity contribution in [1.29, 1.82) is 0 Å². The molecule has 108 valence electrons. The number of hydrogen-bond donors (Lipinski definition) is 2. The number of anilines is 1. The van der Waals surface area contributed by atoms with Gasteiger partial charge in [-0.15, -0.1) is 0 Å². The van der Waals surface area contributed by atoms with E-state index in [9.17, 15) is 14.9 Å². The van der Waals surface area contributed by atoms with E-state index in [1.54, 1.807) is 6.07 Å². The maximum Gasteiger partial charge on any atom is 0.306 e. The van der Waals surface area contributed by atoms with E-state index in [-0.39, 0.29) is 17.6 Å². The predicted molar refractivity (Wildman–Crippen MR) is 74.8 cm³/mol. The summed E-state index contributed by atoms with van der Waals surface area (Å²) < 4.78 is 0. The summed E-state index contributed by atoms with van der Waals surface area (Å²) in [6.07, 6.45) is 3.15. The van der Waals surface area contributed by atoms with Gasteiger partial charge in [0.1, 0.15) is 0 Å². The van der Waals surface area contributed by atoms with E-state index in [1.165, 1.54) is 12.1 Å². The summed E-state index contributed by atoms with van der Waals surface area (Å²) in [5.41, 5.74) is 1.71. The van der Waals surface area contributed by atoms with Gasteiger partial charge in [-0.2, -0.15) is 0 Å². The van der Waals surface area contributed by atoms with Crippen LogP contribution < -0.4 is 5.32 Å². The van der Waals surface area contributed by atoms with E-state index in [4.69, 9.17) is 5.11 Å². The molecule has 0 heterocycles. The molecule has 0 spiro atoms. The number of non-ortho nitro benzene ring substituents is 1. The van der Waals surface area contributed by atoms with Crippen LogP contribution in [0.2, 0.25) is 0 Å². The summed E-state index contributed by atoms with van der Waals surface area (Å²) in [6, 6.07) is 4.80. The molecule has 1 aliphatic carbocycles. The highest BCUT2D eigenvalue weighted by Crippen LogP contribution is 2.29. The fourth-order valence-electron chi connectivity index (χ4n) is 2.69. The number of rotatable bonds is 4. The molecule has 0 saturated heterocycles. The first-order valence-corrected chi connectivity index (χ1v) is 6.71. The lowest BCUT2D eigenvalue weighted by Gasteiger charge is -2.28. The molecule has 0 radical (unpaired) electrons. The van der Waals surface area contributed by atoms with Crippen LogP contribution in [0.15, 0.2) is 18.2 Å². The summed E-state index contributed by atoms with van der Waals surface area (Å²) in [5, 5.41) is 23.1. The molecule has 2 unspecified atom stereocenters. The Morgan fingerprint density at radius 1 is 1.45 bits per heavy atom. The van der Waals surface area contributed by atoms with Gasteiger partial charge in [-0.25, -0.2) is 0 Å². The topological polar surface area (TPSA) is 92.5 Å². The fraction of sp³-hybridized carbons (Fsp3) is 0.500. The minimum Gasteiger partial charge on any atom is -0.481 e. The Morgan fingerprint density at radius 2 is 2.20 bits per heavy atom. The molecule has 1 fully saturated rings. The average molecular weight is 278 g/mol. The molecule has 0 aliphatic heterocycles. The van der Waals surface area contributed by atoms with Crippen LogP contribution >= 0.6 is 0 Å². The van der Waals surface area contributed by atoms with Crippen LogP contribution in [0, 0.1) is 23.0 Å². The van der Waals surface area contributed by atoms with Crippen molar-refractivity contribution in [2.24, 2.45) is 5.92 Å². The monoisotopic (exact) mass is 278 g/mol. The summed E-state index contributed by atoms with van der Waals surface area (Å²) in [7, 11) is 0. The molecule has 0 bridgehead atoms. The fourth-order valence-corrected chi connectivity index (χ4v) is 2.69. The SMILES string of the molecule is Cc1cc([N+](=O)[O-])ccc1NC1CCCC(C(=O)O)C1. The van der Waals surface area contributed by atoms with Crippen LogP contribution in [0.3, 0.4) is 0 Å². The number of aliphatic carboxylic acids is 1. The zero-order valence-corrected chi connectivity index (χ0v) is 11.3. The number of nitrogens with one attached hydrogen (secondary N) is 1. The number of carboxylic acid groups (broad SMARTS) is 1. The quantitative estimate of drug-likeness (QED) is 0.652. The maximum absolute atomic E-state index is 11.0. The van der Waals surface area contributed by atoms with Crippen molar-refractivity contribution in [3.8, 4) is 0 Å². The molecule has 1 aliphatic rings. The summed E-state index contributed by atoms with van der Waals surface area (Å²) in [5.74, 6) is -1.03. The van der Waals surface area contributed by atoms with E-state index >= 15 is 0 Å². The number of benzene rings is 1. The highest BCUT2D eigenvalue weighted by Gasteiger charge is 2.27. The first-order chi connectivity index (χ1) is 9.47. The van der Waals surface area contributed by atoms with E-state index in [1.807, 2.05) is 6.92 Å². The Morgan fingerprint density at radius 3 is 2.80 bits per heavy atom. The van der Waals surface area contributed by atoms with Crippen molar-refractivity contribution in [3.05, 3.63) is 33.9 Å². The van der Waals surface area contributed by atoms with E-state index in [0.29, 0.717) is 6.42 Å². The van der Waals surface area contributed by atoms with Gasteiger partial charge in [-0.05, 0) is 37.8 Å². The number of nitrogens with zero attached hydrogens (tertiary/aromatic N) is 1. The molecular formula is C14H18N2O4. The molecular weight excluding hydrogens is 260 g/mol. The van der Waals surface area contributed by atoms with Crippen LogP contribution in [-0.2, 0) is 4.79 Å². The average Bonchev–Trinajstić information content (AvgIpc) is 2.41. The Kier molecular flexibility index (Phi) is 4.22. The lowest BCUT2D eigenvalue weighted by atomic mass is 9.85. The van der Waals surface area contributed by atoms with Gasteiger partial charge in [-0.1, -0.05) is 6.42 Å². The smallest absolute Gasteiger partial charge is 0.306 e. The Balaban J connectivity index is 2.06. The maximum atomic E-state index is 11.0. The normalized spacial score (nSPS) is 22.2. The molecule has 6 nitrogen and oxygen atoms in total. The van der Waals surface area contributed by atoms with E-state index < -0.39 is 10.9 Å². The van der Waals surface area contributed by atoms with E-state index in [2.05, 4.69) is 5.32 Å². The number of carboxylic acids is 1. The zero-order chi connectivity index (χ0) is 14.7. The van der Waals surface area contributed by atoms with Crippen LogP contribution in [0.25, 0.3) is 0 Å². The Bertz CT molecular complexity index is 530. The molecule has 1 aromatic carbocycles. The molecule has 1 saturated carbocycles. The highest BCUT2D eigenvalue weighted by molar-refractivity contribution is 5.70. The number of aryl methyl sites for hydroxylation is 1. The molecule has 6 heteroatoms. The van der Waals surface area contributed by atoms with Crippen LogP contribution in [-0.4, -0.2) is 22.0 Å². The number of carbonyl (C=O) groups is 1. The molecule has 1 aromatic rings. The van der Waals surface area contributed by atoms with Crippen molar-refractivity contribution in [3.63, 3.8) is 0 Å². The lowest BCUT2D eigenvalue weighted by Crippen LogP contribution is -2.31. The van der Waals surface area contributed by atoms with Crippen LogP contribution in [0.4, 0.5) is 11.4 Å². The first kappa shape index (κ1) is 14.3. The van der Waals surface area contributed by atoms with Gasteiger partial charge in [0.15, 0.2) is 0 Å². The van der Waals surface area contributed by atoms with Crippen LogP contribution in [0.1, 0.15) is 31.2 Å². The highest BCUT2D eigenvalue weighted by atomic mass is 16.6. The standard InChI is InChI=1S/C14H18N2O4/c1-9-7-12(16(19)20)5-6-13(9)15-11-4-2-3-10(8-11)14(17)18/h5-7,10-11,15H,2-4,8H2,1H3,(H,17,18). The van der Waals surface area contributed by atoms with Gasteiger partial charge in [-0.3, -0.25) is 14.9 Å². The second kappa shape index (κ2) is 5.90. The lowest BCUT2D eigenvalue weighted by molar-refractivity contribution is -0.384. The van der Waals surface area contributed by atoms with Crippen molar-refractivity contribution in [2.45, 2.75) is 38.6 Å². The second-order valence-electron chi connectivity index (χ2n) is 5.30. The molecule has 20 heavy (non-hydrogen) atoms. The second-order valence-corrected chi connectivity index (χ2v) is 5.30. The van der Waals surface area contributed by atoms with E-state index in [0.717, 1.165) is 30.5 Å². The van der Waals surface area contributed by atoms with Gasteiger partial charge in [0, 0.05) is 23.9 Å². The van der Waals surface area contributed by atoms with Crippen molar-refractivity contribution in [2.75, 3.05) is 5.32 Å². The summed E-state index contributed by atoms with van der Waals surface area (Å²) in [4.78, 5) is 21.3. The minimum absolute atomic E-state index is 0.0695. The number of nitro groups is 1. The molecule has 0 amide bonds. The predicted octanol–water partition coefficient (Wildman–Crippen LogP) is 2.96. The van der Waals surface area contributed by atoms with Crippen LogP contribution in [0.5, 0.6) is 0 Å². The minimum atomic E-state index is -0.739. The van der Waals surface area contributed by atoms with Gasteiger partial charge in [0.05, 0.1) is 10.8 Å². The summed E-state index contributed by atoms with van der Waals surface area (Å²) in [6.45, 7) is 1.81. The first-order valence-electron chi connectivity index (χ1n) is 6.71. The van der Waals surface area contributed by atoms with Gasteiger partial charge in [0.25, 0.3) is 5.69 Å². The Labute approximate surface area is 117 Å². The van der Waals surface area contributed by atoms with Gasteiger partial charge in [0.2, 0.25) is 0 Å². The number of nitro benzene ring substituents is 1. The number of hydrogen-bond acceptors (Lipinski definition) is 4. The summed E-state index contributed by atoms with van der Waals surface area (Å²) >= 11 is 0. The van der Waals surface area contributed by atoms with Crippen molar-refractivity contribution < 1.29 is 14.8 Å². The Hall–Kier alpha value is -2.11. The molecule has 2 rings (SSSR count). The molecule has 0 aromatic heterocycles. The molecule has 2 atom stereocenters. The third kappa shape index (κ3) is 3.26.